The molecule has 1 atom stereocenters. The average Bonchev–Trinajstić information content (AvgIpc) is 2.68. The van der Waals surface area contributed by atoms with E-state index in [1.807, 2.05) is 60.7 Å². The standard InChI is InChI=1S/C24H28O2/c1-3-4-7-13-21(20(2)25)14-12-19-24(26,22-15-8-5-9-16-22)23-17-10-6-11-18-23/h5-6,8-11,14-18,20,25-26H,3-4,7,13H2,1-2H3/b21-14-. The highest BCUT2D eigenvalue weighted by Crippen LogP contribution is 2.28. The number of benzene rings is 2. The van der Waals surface area contributed by atoms with Crippen LogP contribution in [0.4, 0.5) is 0 Å². The molecule has 0 saturated carbocycles. The fourth-order valence-corrected chi connectivity index (χ4v) is 2.88. The summed E-state index contributed by atoms with van der Waals surface area (Å²) in [5, 5.41) is 21.3. The van der Waals surface area contributed by atoms with Crippen molar-refractivity contribution in [1.82, 2.24) is 0 Å². The molecule has 0 spiro atoms. The summed E-state index contributed by atoms with van der Waals surface area (Å²) in [7, 11) is 0. The van der Waals surface area contributed by atoms with Gasteiger partial charge in [-0.15, -0.1) is 0 Å². The molecule has 2 aromatic rings. The number of rotatable bonds is 7. The lowest BCUT2D eigenvalue weighted by Gasteiger charge is -2.23. The minimum atomic E-state index is -1.38. The molecule has 0 fully saturated rings. The van der Waals surface area contributed by atoms with Gasteiger partial charge in [0, 0.05) is 11.1 Å². The molecule has 136 valence electrons. The Morgan fingerprint density at radius 1 is 1.00 bits per heavy atom. The lowest BCUT2D eigenvalue weighted by atomic mass is 9.87. The highest BCUT2D eigenvalue weighted by Gasteiger charge is 2.28. The smallest absolute Gasteiger partial charge is 0.177 e. The third-order valence-corrected chi connectivity index (χ3v) is 4.50. The van der Waals surface area contributed by atoms with Crippen molar-refractivity contribution in [2.75, 3.05) is 0 Å². The number of hydrogen-bond donors (Lipinski definition) is 2. The van der Waals surface area contributed by atoms with Crippen LogP contribution in [0.5, 0.6) is 0 Å². The molecule has 0 aliphatic heterocycles. The Morgan fingerprint density at radius 3 is 2.00 bits per heavy atom. The van der Waals surface area contributed by atoms with Gasteiger partial charge in [-0.3, -0.25) is 0 Å². The first kappa shape index (κ1) is 20.0. The summed E-state index contributed by atoms with van der Waals surface area (Å²) in [6.07, 6.45) is 5.38. The second kappa shape index (κ2) is 9.97. The number of allylic oxidation sites excluding steroid dienone is 1. The van der Waals surface area contributed by atoms with Crippen molar-refractivity contribution < 1.29 is 10.2 Å². The van der Waals surface area contributed by atoms with Crippen molar-refractivity contribution in [2.24, 2.45) is 0 Å². The highest BCUT2D eigenvalue weighted by atomic mass is 16.3. The van der Waals surface area contributed by atoms with Gasteiger partial charge in [0.05, 0.1) is 6.10 Å². The van der Waals surface area contributed by atoms with E-state index >= 15 is 0 Å². The second-order valence-corrected chi connectivity index (χ2v) is 6.56. The van der Waals surface area contributed by atoms with Crippen LogP contribution in [-0.2, 0) is 5.60 Å². The fraction of sp³-hybridized carbons (Fsp3) is 0.333. The Hall–Kier alpha value is -2.34. The van der Waals surface area contributed by atoms with Gasteiger partial charge < -0.3 is 10.2 Å². The van der Waals surface area contributed by atoms with E-state index in [0.29, 0.717) is 0 Å². The molecule has 0 amide bonds. The van der Waals surface area contributed by atoms with Crippen LogP contribution in [0.25, 0.3) is 0 Å². The van der Waals surface area contributed by atoms with Crippen molar-refractivity contribution in [2.45, 2.75) is 51.2 Å². The van der Waals surface area contributed by atoms with Gasteiger partial charge in [-0.05, 0) is 31.4 Å². The molecule has 0 aliphatic rings. The van der Waals surface area contributed by atoms with Gasteiger partial charge in [-0.1, -0.05) is 92.3 Å². The summed E-state index contributed by atoms with van der Waals surface area (Å²) in [6, 6.07) is 18.9. The molecule has 2 N–H and O–H groups in total. The Labute approximate surface area is 157 Å². The fourth-order valence-electron chi connectivity index (χ4n) is 2.88. The minimum Gasteiger partial charge on any atom is -0.389 e. The molecule has 0 saturated heterocycles. The van der Waals surface area contributed by atoms with Gasteiger partial charge in [0.1, 0.15) is 0 Å². The van der Waals surface area contributed by atoms with E-state index in [2.05, 4.69) is 18.8 Å². The summed E-state index contributed by atoms with van der Waals surface area (Å²) in [5.74, 6) is 6.03. The average molecular weight is 348 g/mol. The Balaban J connectivity index is 2.37. The largest absolute Gasteiger partial charge is 0.389 e. The lowest BCUT2D eigenvalue weighted by molar-refractivity contribution is 0.145. The van der Waals surface area contributed by atoms with Crippen LogP contribution in [0.1, 0.15) is 50.7 Å². The van der Waals surface area contributed by atoms with Crippen LogP contribution >= 0.6 is 0 Å². The van der Waals surface area contributed by atoms with E-state index in [4.69, 9.17) is 0 Å². The van der Waals surface area contributed by atoms with Crippen LogP contribution in [-0.4, -0.2) is 16.3 Å². The predicted molar refractivity (Wildman–Crippen MR) is 108 cm³/mol. The van der Waals surface area contributed by atoms with Crippen LogP contribution in [0.15, 0.2) is 72.3 Å². The summed E-state index contributed by atoms with van der Waals surface area (Å²) >= 11 is 0. The monoisotopic (exact) mass is 348 g/mol. The van der Waals surface area contributed by atoms with Crippen molar-refractivity contribution >= 4 is 0 Å². The van der Waals surface area contributed by atoms with E-state index < -0.39 is 11.7 Å². The van der Waals surface area contributed by atoms with Crippen molar-refractivity contribution in [3.05, 3.63) is 83.4 Å². The molecule has 26 heavy (non-hydrogen) atoms. The molecule has 0 aromatic heterocycles. The van der Waals surface area contributed by atoms with Crippen LogP contribution in [0, 0.1) is 11.8 Å². The third kappa shape index (κ3) is 5.33. The van der Waals surface area contributed by atoms with Gasteiger partial charge in [-0.25, -0.2) is 0 Å². The molecule has 0 radical (unpaired) electrons. The lowest BCUT2D eigenvalue weighted by Crippen LogP contribution is -2.25. The zero-order chi connectivity index (χ0) is 18.8. The molecular weight excluding hydrogens is 320 g/mol. The molecule has 0 aliphatic carbocycles. The maximum atomic E-state index is 11.4. The number of unbranched alkanes of at least 4 members (excludes halogenated alkanes) is 2. The Kier molecular flexibility index (Phi) is 7.66. The maximum Gasteiger partial charge on any atom is 0.177 e. The Bertz CT molecular complexity index is 710. The first-order valence-electron chi connectivity index (χ1n) is 9.31. The zero-order valence-corrected chi connectivity index (χ0v) is 15.7. The molecule has 2 aromatic carbocycles. The van der Waals surface area contributed by atoms with E-state index in [0.717, 1.165) is 42.4 Å². The molecule has 2 nitrogen and oxygen atoms in total. The topological polar surface area (TPSA) is 40.5 Å². The molecular formula is C24H28O2. The number of hydrogen-bond acceptors (Lipinski definition) is 2. The van der Waals surface area contributed by atoms with Crippen molar-refractivity contribution in [1.29, 1.82) is 0 Å². The number of aliphatic hydroxyl groups is 2. The van der Waals surface area contributed by atoms with Gasteiger partial charge in [0.2, 0.25) is 0 Å². The summed E-state index contributed by atoms with van der Waals surface area (Å²) in [6.45, 7) is 3.92. The quantitative estimate of drug-likeness (QED) is 0.557. The molecule has 2 rings (SSSR count). The molecule has 2 heteroatoms. The highest BCUT2D eigenvalue weighted by molar-refractivity contribution is 5.45. The SMILES string of the molecule is CCCCC/C(=C/C#CC(O)(c1ccccc1)c1ccccc1)C(C)O. The van der Waals surface area contributed by atoms with Crippen molar-refractivity contribution in [3.8, 4) is 11.8 Å². The molecule has 1 unspecified atom stereocenters. The second-order valence-electron chi connectivity index (χ2n) is 6.56. The summed E-state index contributed by atoms with van der Waals surface area (Å²) in [5.41, 5.74) is 0.995. The van der Waals surface area contributed by atoms with Gasteiger partial charge in [0.15, 0.2) is 5.60 Å². The van der Waals surface area contributed by atoms with Crippen molar-refractivity contribution in [3.63, 3.8) is 0 Å². The normalized spacial score (nSPS) is 13.0. The maximum absolute atomic E-state index is 11.4. The first-order valence-corrected chi connectivity index (χ1v) is 9.31. The summed E-state index contributed by atoms with van der Waals surface area (Å²) < 4.78 is 0. The van der Waals surface area contributed by atoms with Crippen LogP contribution < -0.4 is 0 Å². The van der Waals surface area contributed by atoms with E-state index in [-0.39, 0.29) is 0 Å². The zero-order valence-electron chi connectivity index (χ0n) is 15.7. The van der Waals surface area contributed by atoms with E-state index in [9.17, 15) is 10.2 Å². The van der Waals surface area contributed by atoms with E-state index in [1.54, 1.807) is 13.0 Å². The van der Waals surface area contributed by atoms with Gasteiger partial charge in [0.25, 0.3) is 0 Å². The number of aliphatic hydroxyl groups excluding tert-OH is 1. The minimum absolute atomic E-state index is 0.525. The van der Waals surface area contributed by atoms with Gasteiger partial charge >= 0.3 is 0 Å². The van der Waals surface area contributed by atoms with Crippen LogP contribution in [0.2, 0.25) is 0 Å². The van der Waals surface area contributed by atoms with Crippen LogP contribution in [0.3, 0.4) is 0 Å². The third-order valence-electron chi connectivity index (χ3n) is 4.50. The first-order chi connectivity index (χ1) is 12.6. The predicted octanol–water partition coefficient (Wildman–Crippen LogP) is 4.81. The summed E-state index contributed by atoms with van der Waals surface area (Å²) in [4.78, 5) is 0. The van der Waals surface area contributed by atoms with Gasteiger partial charge in [-0.2, -0.15) is 0 Å². The molecule has 0 bridgehead atoms. The Morgan fingerprint density at radius 2 is 1.54 bits per heavy atom. The molecule has 0 heterocycles. The van der Waals surface area contributed by atoms with E-state index in [1.165, 1.54) is 0 Å².